The van der Waals surface area contributed by atoms with Crippen molar-refractivity contribution in [3.63, 3.8) is 0 Å². The SMILES string of the molecule is CC(C)C(=O)N1CCC(Br)C1. The van der Waals surface area contributed by atoms with E-state index in [9.17, 15) is 4.79 Å². The maximum Gasteiger partial charge on any atom is 0.225 e. The van der Waals surface area contributed by atoms with Gasteiger partial charge in [-0.05, 0) is 6.42 Å². The van der Waals surface area contributed by atoms with Gasteiger partial charge in [0.1, 0.15) is 0 Å². The van der Waals surface area contributed by atoms with Gasteiger partial charge in [0, 0.05) is 23.8 Å². The number of halogens is 1. The molecule has 1 rings (SSSR count). The fraction of sp³-hybridized carbons (Fsp3) is 0.875. The molecule has 3 heteroatoms. The summed E-state index contributed by atoms with van der Waals surface area (Å²) in [5, 5.41) is 0. The smallest absolute Gasteiger partial charge is 0.225 e. The molecule has 11 heavy (non-hydrogen) atoms. The van der Waals surface area contributed by atoms with Gasteiger partial charge in [-0.2, -0.15) is 0 Å². The Kier molecular flexibility index (Phi) is 2.93. The standard InChI is InChI=1S/C8H14BrNO/c1-6(2)8(11)10-4-3-7(9)5-10/h6-7H,3-5H2,1-2H3. The molecule has 0 aromatic heterocycles. The maximum absolute atomic E-state index is 11.4. The zero-order valence-electron chi connectivity index (χ0n) is 7.01. The van der Waals surface area contributed by atoms with E-state index < -0.39 is 0 Å². The van der Waals surface area contributed by atoms with Gasteiger partial charge in [0.25, 0.3) is 0 Å². The predicted octanol–water partition coefficient (Wildman–Crippen LogP) is 1.64. The average molecular weight is 220 g/mol. The Bertz CT molecular complexity index is 158. The van der Waals surface area contributed by atoms with E-state index >= 15 is 0 Å². The molecule has 0 aliphatic carbocycles. The molecule has 1 heterocycles. The molecule has 0 saturated carbocycles. The van der Waals surface area contributed by atoms with Gasteiger partial charge in [0.05, 0.1) is 0 Å². The molecule has 1 aliphatic rings. The number of hydrogen-bond acceptors (Lipinski definition) is 1. The first kappa shape index (κ1) is 9.04. The van der Waals surface area contributed by atoms with Crippen LogP contribution in [0.3, 0.4) is 0 Å². The van der Waals surface area contributed by atoms with Crippen LogP contribution in [0.15, 0.2) is 0 Å². The molecule has 1 unspecified atom stereocenters. The minimum Gasteiger partial charge on any atom is -0.341 e. The Balaban J connectivity index is 2.43. The molecule has 1 amide bonds. The lowest BCUT2D eigenvalue weighted by atomic mass is 10.2. The first-order valence-electron chi connectivity index (χ1n) is 4.04. The summed E-state index contributed by atoms with van der Waals surface area (Å²) in [5.41, 5.74) is 0. The van der Waals surface area contributed by atoms with Gasteiger partial charge in [-0.1, -0.05) is 29.8 Å². The number of alkyl halides is 1. The van der Waals surface area contributed by atoms with Crippen molar-refractivity contribution in [3.05, 3.63) is 0 Å². The van der Waals surface area contributed by atoms with E-state index in [1.165, 1.54) is 0 Å². The fourth-order valence-corrected chi connectivity index (χ4v) is 1.84. The minimum absolute atomic E-state index is 0.146. The zero-order chi connectivity index (χ0) is 8.43. The Hall–Kier alpha value is -0.0500. The third kappa shape index (κ3) is 2.19. The van der Waals surface area contributed by atoms with Crippen LogP contribution in [0, 0.1) is 5.92 Å². The number of nitrogens with zero attached hydrogens (tertiary/aromatic N) is 1. The van der Waals surface area contributed by atoms with Gasteiger partial charge in [-0.3, -0.25) is 4.79 Å². The van der Waals surface area contributed by atoms with Crippen molar-refractivity contribution in [3.8, 4) is 0 Å². The lowest BCUT2D eigenvalue weighted by Gasteiger charge is -2.17. The van der Waals surface area contributed by atoms with Crippen molar-refractivity contribution in [1.29, 1.82) is 0 Å². The highest BCUT2D eigenvalue weighted by Crippen LogP contribution is 2.18. The summed E-state index contributed by atoms with van der Waals surface area (Å²) < 4.78 is 0. The number of rotatable bonds is 1. The number of carbonyl (C=O) groups is 1. The van der Waals surface area contributed by atoms with Crippen LogP contribution in [-0.2, 0) is 4.79 Å². The summed E-state index contributed by atoms with van der Waals surface area (Å²) >= 11 is 3.50. The average Bonchev–Trinajstić information content (AvgIpc) is 2.34. The molecule has 1 saturated heterocycles. The summed E-state index contributed by atoms with van der Waals surface area (Å²) in [7, 11) is 0. The van der Waals surface area contributed by atoms with Crippen molar-refractivity contribution in [2.45, 2.75) is 25.1 Å². The Morgan fingerprint density at radius 2 is 2.27 bits per heavy atom. The molecule has 0 bridgehead atoms. The predicted molar refractivity (Wildman–Crippen MR) is 48.8 cm³/mol. The molecule has 0 radical (unpaired) electrons. The normalized spacial score (nSPS) is 24.7. The molecular formula is C8H14BrNO. The number of carbonyl (C=O) groups excluding carboxylic acids is 1. The van der Waals surface area contributed by atoms with Gasteiger partial charge in [0.2, 0.25) is 5.91 Å². The molecule has 1 fully saturated rings. The van der Waals surface area contributed by atoms with Crippen LogP contribution in [0.1, 0.15) is 20.3 Å². The largest absolute Gasteiger partial charge is 0.341 e. The third-order valence-corrected chi connectivity index (χ3v) is 2.68. The van der Waals surface area contributed by atoms with Crippen LogP contribution in [0.4, 0.5) is 0 Å². The first-order chi connectivity index (χ1) is 5.11. The molecule has 0 aromatic rings. The third-order valence-electron chi connectivity index (χ3n) is 1.94. The van der Waals surface area contributed by atoms with Crippen LogP contribution in [0.25, 0.3) is 0 Å². The van der Waals surface area contributed by atoms with Crippen LogP contribution < -0.4 is 0 Å². The van der Waals surface area contributed by atoms with E-state index in [1.807, 2.05) is 18.7 Å². The molecule has 0 N–H and O–H groups in total. The summed E-state index contributed by atoms with van der Waals surface area (Å²) in [4.78, 5) is 13.8. The molecule has 64 valence electrons. The van der Waals surface area contributed by atoms with Crippen LogP contribution in [0.2, 0.25) is 0 Å². The molecule has 1 aliphatic heterocycles. The summed E-state index contributed by atoms with van der Waals surface area (Å²) in [5.74, 6) is 0.430. The van der Waals surface area contributed by atoms with E-state index in [-0.39, 0.29) is 11.8 Å². The van der Waals surface area contributed by atoms with Crippen molar-refractivity contribution in [2.75, 3.05) is 13.1 Å². The van der Waals surface area contributed by atoms with Gasteiger partial charge in [-0.15, -0.1) is 0 Å². The molecule has 2 nitrogen and oxygen atoms in total. The van der Waals surface area contributed by atoms with Crippen LogP contribution in [-0.4, -0.2) is 28.7 Å². The monoisotopic (exact) mass is 219 g/mol. The van der Waals surface area contributed by atoms with Crippen LogP contribution >= 0.6 is 15.9 Å². The molecule has 0 aromatic carbocycles. The summed E-state index contributed by atoms with van der Waals surface area (Å²) in [6, 6.07) is 0. The molecular weight excluding hydrogens is 206 g/mol. The number of amides is 1. The van der Waals surface area contributed by atoms with E-state index in [0.717, 1.165) is 19.5 Å². The number of likely N-dealkylation sites (tertiary alicyclic amines) is 1. The maximum atomic E-state index is 11.4. The zero-order valence-corrected chi connectivity index (χ0v) is 8.60. The highest BCUT2D eigenvalue weighted by Gasteiger charge is 2.25. The second-order valence-electron chi connectivity index (χ2n) is 3.32. The van der Waals surface area contributed by atoms with E-state index in [0.29, 0.717) is 4.83 Å². The van der Waals surface area contributed by atoms with Crippen molar-refractivity contribution in [1.82, 2.24) is 4.90 Å². The van der Waals surface area contributed by atoms with E-state index in [4.69, 9.17) is 0 Å². The van der Waals surface area contributed by atoms with Crippen molar-refractivity contribution in [2.24, 2.45) is 5.92 Å². The Labute approximate surface area is 76.1 Å². The molecule has 0 spiro atoms. The van der Waals surface area contributed by atoms with E-state index in [1.54, 1.807) is 0 Å². The van der Waals surface area contributed by atoms with Gasteiger partial charge in [-0.25, -0.2) is 0 Å². The molecule has 1 atom stereocenters. The fourth-order valence-electron chi connectivity index (χ4n) is 1.28. The van der Waals surface area contributed by atoms with Gasteiger partial charge >= 0.3 is 0 Å². The van der Waals surface area contributed by atoms with E-state index in [2.05, 4.69) is 15.9 Å². The summed E-state index contributed by atoms with van der Waals surface area (Å²) in [6.07, 6.45) is 1.10. The minimum atomic E-state index is 0.146. The summed E-state index contributed by atoms with van der Waals surface area (Å²) in [6.45, 7) is 5.71. The highest BCUT2D eigenvalue weighted by atomic mass is 79.9. The van der Waals surface area contributed by atoms with Gasteiger partial charge in [0.15, 0.2) is 0 Å². The first-order valence-corrected chi connectivity index (χ1v) is 4.95. The lowest BCUT2D eigenvalue weighted by molar-refractivity contribution is -0.133. The second-order valence-corrected chi connectivity index (χ2v) is 4.62. The topological polar surface area (TPSA) is 20.3 Å². The highest BCUT2D eigenvalue weighted by molar-refractivity contribution is 9.09. The lowest BCUT2D eigenvalue weighted by Crippen LogP contribution is -2.32. The second kappa shape index (κ2) is 3.57. The Morgan fingerprint density at radius 1 is 1.64 bits per heavy atom. The van der Waals surface area contributed by atoms with Crippen molar-refractivity contribution >= 4 is 21.8 Å². The van der Waals surface area contributed by atoms with Crippen molar-refractivity contribution < 1.29 is 4.79 Å². The van der Waals surface area contributed by atoms with Crippen LogP contribution in [0.5, 0.6) is 0 Å². The van der Waals surface area contributed by atoms with Gasteiger partial charge < -0.3 is 4.90 Å². The number of hydrogen-bond donors (Lipinski definition) is 0. The Morgan fingerprint density at radius 3 is 2.64 bits per heavy atom. The quantitative estimate of drug-likeness (QED) is 0.615.